The number of aromatic nitrogens is 2. The largest absolute Gasteiger partial charge is 0.335 e. The Morgan fingerprint density at radius 1 is 1.38 bits per heavy atom. The van der Waals surface area contributed by atoms with E-state index in [0.717, 1.165) is 31.0 Å². The number of imidazole rings is 1. The Morgan fingerprint density at radius 2 is 2.19 bits per heavy atom. The quantitative estimate of drug-likeness (QED) is 0.759. The standard InChI is InChI=1S/C16H22FN3S/c1-3-9-20-10-8-19-16(20)11-13(18-2)12-21-15-7-5-4-6-14(15)17/h4-8,10,13,18H,3,9,11-12H2,1-2H3. The van der Waals surface area contributed by atoms with Gasteiger partial charge in [0.2, 0.25) is 0 Å². The molecule has 3 nitrogen and oxygen atoms in total. The van der Waals surface area contributed by atoms with Crippen molar-refractivity contribution in [3.05, 3.63) is 48.3 Å². The van der Waals surface area contributed by atoms with Crippen molar-refractivity contribution in [3.63, 3.8) is 0 Å². The van der Waals surface area contributed by atoms with E-state index in [1.165, 1.54) is 6.07 Å². The zero-order chi connectivity index (χ0) is 15.1. The molecule has 114 valence electrons. The molecule has 2 rings (SSSR count). The smallest absolute Gasteiger partial charge is 0.136 e. The van der Waals surface area contributed by atoms with E-state index in [9.17, 15) is 4.39 Å². The van der Waals surface area contributed by atoms with Gasteiger partial charge in [0, 0.05) is 42.0 Å². The minimum atomic E-state index is -0.148. The Balaban J connectivity index is 1.94. The van der Waals surface area contributed by atoms with Gasteiger partial charge in [0.05, 0.1) is 0 Å². The maximum absolute atomic E-state index is 13.6. The van der Waals surface area contributed by atoms with Crippen molar-refractivity contribution >= 4 is 11.8 Å². The lowest BCUT2D eigenvalue weighted by molar-refractivity contribution is 0.559. The molecular formula is C16H22FN3S. The summed E-state index contributed by atoms with van der Waals surface area (Å²) in [5, 5.41) is 3.30. The molecular weight excluding hydrogens is 285 g/mol. The second-order valence-corrected chi connectivity index (χ2v) is 6.03. The molecule has 21 heavy (non-hydrogen) atoms. The first-order valence-corrected chi connectivity index (χ1v) is 8.27. The molecule has 1 aromatic heterocycles. The number of nitrogens with zero attached hydrogens (tertiary/aromatic N) is 2. The van der Waals surface area contributed by atoms with E-state index in [1.54, 1.807) is 17.8 Å². The third-order valence-corrected chi connectivity index (χ3v) is 4.59. The lowest BCUT2D eigenvalue weighted by Crippen LogP contribution is -2.31. The van der Waals surface area contributed by atoms with Crippen LogP contribution in [0.1, 0.15) is 19.2 Å². The second-order valence-electron chi connectivity index (χ2n) is 4.97. The van der Waals surface area contributed by atoms with Crippen LogP contribution in [0.25, 0.3) is 0 Å². The number of likely N-dealkylation sites (N-methyl/N-ethyl adjacent to an activating group) is 1. The van der Waals surface area contributed by atoms with Crippen molar-refractivity contribution in [1.29, 1.82) is 0 Å². The number of rotatable bonds is 8. The van der Waals surface area contributed by atoms with E-state index in [0.29, 0.717) is 4.90 Å². The summed E-state index contributed by atoms with van der Waals surface area (Å²) in [6, 6.07) is 7.19. The zero-order valence-electron chi connectivity index (χ0n) is 12.6. The normalized spacial score (nSPS) is 12.5. The minimum Gasteiger partial charge on any atom is -0.335 e. The zero-order valence-corrected chi connectivity index (χ0v) is 13.4. The SMILES string of the molecule is CCCn1ccnc1CC(CSc1ccccc1F)NC. The van der Waals surface area contributed by atoms with E-state index < -0.39 is 0 Å². The van der Waals surface area contributed by atoms with Crippen LogP contribution in [0, 0.1) is 5.82 Å². The Hall–Kier alpha value is -1.33. The number of benzene rings is 1. The van der Waals surface area contributed by atoms with Crippen LogP contribution in [0.15, 0.2) is 41.6 Å². The minimum absolute atomic E-state index is 0.148. The van der Waals surface area contributed by atoms with Gasteiger partial charge in [-0.25, -0.2) is 9.37 Å². The molecule has 5 heteroatoms. The van der Waals surface area contributed by atoms with Crippen LogP contribution in [0.3, 0.4) is 0 Å². The molecule has 0 aliphatic rings. The summed E-state index contributed by atoms with van der Waals surface area (Å²) in [4.78, 5) is 5.14. The molecule has 0 aliphatic heterocycles. The Labute approximate surface area is 130 Å². The van der Waals surface area contributed by atoms with Gasteiger partial charge in [-0.1, -0.05) is 19.1 Å². The molecule has 0 aliphatic carbocycles. The lowest BCUT2D eigenvalue weighted by Gasteiger charge is -2.16. The lowest BCUT2D eigenvalue weighted by atomic mass is 10.2. The summed E-state index contributed by atoms with van der Waals surface area (Å²) in [5.74, 6) is 1.76. The van der Waals surface area contributed by atoms with Crippen molar-refractivity contribution in [3.8, 4) is 0 Å². The van der Waals surface area contributed by atoms with Gasteiger partial charge in [-0.3, -0.25) is 0 Å². The van der Waals surface area contributed by atoms with Crippen molar-refractivity contribution in [2.75, 3.05) is 12.8 Å². The predicted octanol–water partition coefficient (Wildman–Crippen LogP) is 3.36. The summed E-state index contributed by atoms with van der Waals surface area (Å²) in [7, 11) is 1.94. The molecule has 0 radical (unpaired) electrons. The first kappa shape index (κ1) is 16.0. The molecule has 1 aromatic carbocycles. The van der Waals surface area contributed by atoms with Gasteiger partial charge in [-0.05, 0) is 25.6 Å². The average Bonchev–Trinajstić information content (AvgIpc) is 2.92. The highest BCUT2D eigenvalue weighted by Crippen LogP contribution is 2.22. The number of halogens is 1. The highest BCUT2D eigenvalue weighted by Gasteiger charge is 2.13. The molecule has 1 atom stereocenters. The summed E-state index contributed by atoms with van der Waals surface area (Å²) in [5.41, 5.74) is 0. The van der Waals surface area contributed by atoms with Crippen molar-refractivity contribution in [1.82, 2.24) is 14.9 Å². The first-order valence-electron chi connectivity index (χ1n) is 7.29. The molecule has 1 heterocycles. The highest BCUT2D eigenvalue weighted by molar-refractivity contribution is 7.99. The first-order chi connectivity index (χ1) is 10.2. The van der Waals surface area contributed by atoms with E-state index >= 15 is 0 Å². The number of aryl methyl sites for hydroxylation is 1. The van der Waals surface area contributed by atoms with E-state index in [2.05, 4.69) is 21.8 Å². The van der Waals surface area contributed by atoms with Gasteiger partial charge in [0.25, 0.3) is 0 Å². The molecule has 0 amide bonds. The Kier molecular flexibility index (Phi) is 6.26. The maximum Gasteiger partial charge on any atom is 0.136 e. The van der Waals surface area contributed by atoms with E-state index in [-0.39, 0.29) is 11.9 Å². The summed E-state index contributed by atoms with van der Waals surface area (Å²) in [6.07, 6.45) is 5.82. The van der Waals surface area contributed by atoms with Crippen LogP contribution in [0.5, 0.6) is 0 Å². The van der Waals surface area contributed by atoms with E-state index in [1.807, 2.05) is 31.6 Å². The summed E-state index contributed by atoms with van der Waals surface area (Å²) >= 11 is 1.55. The van der Waals surface area contributed by atoms with Crippen molar-refractivity contribution in [2.24, 2.45) is 0 Å². The highest BCUT2D eigenvalue weighted by atomic mass is 32.2. The van der Waals surface area contributed by atoms with Gasteiger partial charge >= 0.3 is 0 Å². The molecule has 0 saturated carbocycles. The van der Waals surface area contributed by atoms with Crippen LogP contribution in [0.4, 0.5) is 4.39 Å². The Morgan fingerprint density at radius 3 is 2.90 bits per heavy atom. The van der Waals surface area contributed by atoms with E-state index in [4.69, 9.17) is 0 Å². The molecule has 0 spiro atoms. The number of hydrogen-bond acceptors (Lipinski definition) is 3. The number of hydrogen-bond donors (Lipinski definition) is 1. The molecule has 1 unspecified atom stereocenters. The topological polar surface area (TPSA) is 29.9 Å². The summed E-state index contributed by atoms with van der Waals surface area (Å²) in [6.45, 7) is 3.15. The molecule has 0 fully saturated rings. The van der Waals surface area contributed by atoms with Crippen LogP contribution >= 0.6 is 11.8 Å². The fourth-order valence-electron chi connectivity index (χ4n) is 2.19. The average molecular weight is 307 g/mol. The maximum atomic E-state index is 13.6. The fourth-order valence-corrected chi connectivity index (χ4v) is 3.24. The summed E-state index contributed by atoms with van der Waals surface area (Å²) < 4.78 is 15.8. The molecule has 0 saturated heterocycles. The monoisotopic (exact) mass is 307 g/mol. The number of thioether (sulfide) groups is 1. The predicted molar refractivity (Wildman–Crippen MR) is 86.2 cm³/mol. The molecule has 2 aromatic rings. The van der Waals surface area contributed by atoms with Gasteiger partial charge in [0.15, 0.2) is 0 Å². The van der Waals surface area contributed by atoms with Crippen LogP contribution in [-0.2, 0) is 13.0 Å². The van der Waals surface area contributed by atoms with Gasteiger partial charge in [-0.15, -0.1) is 11.8 Å². The van der Waals surface area contributed by atoms with Crippen molar-refractivity contribution in [2.45, 2.75) is 37.2 Å². The number of nitrogens with one attached hydrogen (secondary N) is 1. The van der Waals surface area contributed by atoms with Gasteiger partial charge < -0.3 is 9.88 Å². The van der Waals surface area contributed by atoms with Crippen LogP contribution in [0.2, 0.25) is 0 Å². The third-order valence-electron chi connectivity index (χ3n) is 3.38. The fraction of sp³-hybridized carbons (Fsp3) is 0.438. The van der Waals surface area contributed by atoms with Gasteiger partial charge in [0.1, 0.15) is 11.6 Å². The van der Waals surface area contributed by atoms with Crippen molar-refractivity contribution < 1.29 is 4.39 Å². The van der Waals surface area contributed by atoms with Crippen LogP contribution in [-0.4, -0.2) is 28.4 Å². The van der Waals surface area contributed by atoms with Crippen LogP contribution < -0.4 is 5.32 Å². The third kappa shape index (κ3) is 4.58. The molecule has 1 N–H and O–H groups in total. The van der Waals surface area contributed by atoms with Gasteiger partial charge in [-0.2, -0.15) is 0 Å². The molecule has 0 bridgehead atoms. The Bertz CT molecular complexity index is 556. The second kappa shape index (κ2) is 8.20.